The number of hydrogen-bond donors (Lipinski definition) is 3. The van der Waals surface area contributed by atoms with Gasteiger partial charge in [0.15, 0.2) is 0 Å². The third-order valence-corrected chi connectivity index (χ3v) is 12.7. The maximum atomic E-state index is 12.4. The number of esters is 1. The van der Waals surface area contributed by atoms with Crippen LogP contribution >= 0.6 is 0 Å². The summed E-state index contributed by atoms with van der Waals surface area (Å²) >= 11 is 0. The summed E-state index contributed by atoms with van der Waals surface area (Å²) in [5.41, 5.74) is 0. The molecule has 2 atom stereocenters. The highest BCUT2D eigenvalue weighted by Crippen LogP contribution is 2.16. The van der Waals surface area contributed by atoms with E-state index in [0.717, 1.165) is 83.5 Å². The fourth-order valence-electron chi connectivity index (χ4n) is 8.45. The van der Waals surface area contributed by atoms with E-state index in [1.54, 1.807) is 6.08 Å². The summed E-state index contributed by atoms with van der Waals surface area (Å²) in [6, 6.07) is -0.648. The zero-order valence-electron chi connectivity index (χ0n) is 41.6. The summed E-state index contributed by atoms with van der Waals surface area (Å²) in [5, 5.41) is 23.1. The normalized spacial score (nSPS) is 12.8. The number of aliphatic hydroxyl groups excluding tert-OH is 2. The Morgan fingerprint density at radius 2 is 0.758 bits per heavy atom. The summed E-state index contributed by atoms with van der Waals surface area (Å²) in [7, 11) is 0. The van der Waals surface area contributed by atoms with E-state index in [9.17, 15) is 19.8 Å². The zero-order valence-corrected chi connectivity index (χ0v) is 41.6. The molecule has 2 unspecified atom stereocenters. The minimum absolute atomic E-state index is 0.0289. The van der Waals surface area contributed by atoms with Crippen LogP contribution in [0.3, 0.4) is 0 Å². The summed E-state index contributed by atoms with van der Waals surface area (Å²) in [6.07, 6.45) is 61.9. The summed E-state index contributed by atoms with van der Waals surface area (Å²) < 4.78 is 5.45. The predicted molar refractivity (Wildman–Crippen MR) is 269 cm³/mol. The molecule has 0 fully saturated rings. The number of unbranched alkanes of at least 4 members (excludes halogenated alkanes) is 38. The molecule has 0 spiro atoms. The van der Waals surface area contributed by atoms with E-state index in [1.807, 2.05) is 6.08 Å². The third-order valence-electron chi connectivity index (χ3n) is 12.7. The van der Waals surface area contributed by atoms with Gasteiger partial charge >= 0.3 is 5.97 Å². The quantitative estimate of drug-likeness (QED) is 0.0321. The van der Waals surface area contributed by atoms with Crippen molar-refractivity contribution in [2.75, 3.05) is 13.2 Å². The first kappa shape index (κ1) is 60.3. The number of aliphatic hydroxyl groups is 2. The van der Waals surface area contributed by atoms with E-state index in [-0.39, 0.29) is 18.5 Å². The van der Waals surface area contributed by atoms with Crippen molar-refractivity contribution in [1.82, 2.24) is 5.32 Å². The van der Waals surface area contributed by atoms with E-state index in [1.165, 1.54) is 186 Å². The highest BCUT2D eigenvalue weighted by atomic mass is 16.5. The first-order valence-electron chi connectivity index (χ1n) is 27.6. The molecule has 0 aliphatic rings. The number of ether oxygens (including phenoxy) is 1. The van der Waals surface area contributed by atoms with E-state index >= 15 is 0 Å². The van der Waals surface area contributed by atoms with Crippen molar-refractivity contribution in [3.8, 4) is 0 Å². The molecule has 0 radical (unpaired) electrons. The number of carbonyl (C=O) groups excluding carboxylic acids is 2. The van der Waals surface area contributed by atoms with Crippen LogP contribution in [-0.2, 0) is 14.3 Å². The van der Waals surface area contributed by atoms with Gasteiger partial charge in [-0.2, -0.15) is 0 Å². The molecule has 3 N–H and O–H groups in total. The van der Waals surface area contributed by atoms with Crippen LogP contribution in [-0.4, -0.2) is 47.4 Å². The Morgan fingerprint density at radius 3 is 1.15 bits per heavy atom. The van der Waals surface area contributed by atoms with Crippen LogP contribution in [0.25, 0.3) is 0 Å². The lowest BCUT2D eigenvalue weighted by Crippen LogP contribution is -2.45. The fraction of sp³-hybridized carbons (Fsp3) is 0.893. The molecule has 1 amide bonds. The minimum atomic E-state index is -0.862. The lowest BCUT2D eigenvalue weighted by atomic mass is 10.0. The third kappa shape index (κ3) is 47.8. The predicted octanol–water partition coefficient (Wildman–Crippen LogP) is 16.7. The van der Waals surface area contributed by atoms with Gasteiger partial charge in [-0.15, -0.1) is 0 Å². The van der Waals surface area contributed by atoms with Crippen LogP contribution < -0.4 is 5.32 Å². The molecule has 0 aromatic carbocycles. The Bertz CT molecular complexity index is 966. The van der Waals surface area contributed by atoms with Crippen LogP contribution in [0.5, 0.6) is 0 Å². The second kappa shape index (κ2) is 52.0. The summed E-state index contributed by atoms with van der Waals surface area (Å²) in [6.45, 7) is 4.84. The molecule has 0 saturated carbocycles. The van der Waals surface area contributed by atoms with Crippen LogP contribution in [0.1, 0.15) is 296 Å². The standard InChI is InChI=1S/C56H107NO5/c1-3-5-7-9-11-13-15-17-19-21-23-25-28-32-36-40-44-48-54(59)53(52-58)57-55(60)49-45-41-37-33-29-27-31-35-39-43-47-51-62-56(61)50-46-42-38-34-30-26-24-22-20-18-16-14-12-10-8-6-4-2/h31,35,44,48,53-54,58-59H,3-30,32-34,36-43,45-47,49-52H2,1-2H3,(H,57,60)/b35-31-,48-44+. The molecular weight excluding hydrogens is 767 g/mol. The Kier molecular flexibility index (Phi) is 50.6. The van der Waals surface area contributed by atoms with Gasteiger partial charge in [0.2, 0.25) is 5.91 Å². The zero-order chi connectivity index (χ0) is 45.1. The van der Waals surface area contributed by atoms with Crippen LogP contribution in [0.15, 0.2) is 24.3 Å². The smallest absolute Gasteiger partial charge is 0.305 e. The second-order valence-corrected chi connectivity index (χ2v) is 18.9. The van der Waals surface area contributed by atoms with Gasteiger partial charge < -0.3 is 20.3 Å². The lowest BCUT2D eigenvalue weighted by molar-refractivity contribution is -0.143. The molecule has 0 aliphatic heterocycles. The second-order valence-electron chi connectivity index (χ2n) is 18.9. The number of carbonyl (C=O) groups is 2. The maximum Gasteiger partial charge on any atom is 0.305 e. The molecule has 0 rings (SSSR count). The Labute approximate surface area is 386 Å². The number of nitrogens with one attached hydrogen (secondary N) is 1. The largest absolute Gasteiger partial charge is 0.466 e. The summed E-state index contributed by atoms with van der Waals surface area (Å²) in [4.78, 5) is 24.5. The van der Waals surface area contributed by atoms with Crippen LogP contribution in [0, 0.1) is 0 Å². The van der Waals surface area contributed by atoms with Gasteiger partial charge in [0.25, 0.3) is 0 Å². The van der Waals surface area contributed by atoms with Crippen molar-refractivity contribution in [1.29, 1.82) is 0 Å². The van der Waals surface area contributed by atoms with Gasteiger partial charge in [-0.3, -0.25) is 9.59 Å². The number of rotatable bonds is 51. The number of allylic oxidation sites excluding steroid dienone is 3. The van der Waals surface area contributed by atoms with Crippen molar-refractivity contribution in [3.63, 3.8) is 0 Å². The monoisotopic (exact) mass is 874 g/mol. The molecule has 0 bridgehead atoms. The molecule has 6 heteroatoms. The average molecular weight is 874 g/mol. The van der Waals surface area contributed by atoms with Crippen molar-refractivity contribution < 1.29 is 24.5 Å². The molecule has 0 aromatic rings. The summed E-state index contributed by atoms with van der Waals surface area (Å²) in [5.74, 6) is -0.124. The fourth-order valence-corrected chi connectivity index (χ4v) is 8.45. The topological polar surface area (TPSA) is 95.9 Å². The maximum absolute atomic E-state index is 12.4. The van der Waals surface area contributed by atoms with E-state index in [2.05, 4.69) is 31.3 Å². The van der Waals surface area contributed by atoms with Gasteiger partial charge in [-0.25, -0.2) is 0 Å². The molecule has 6 nitrogen and oxygen atoms in total. The molecular formula is C56H107NO5. The highest BCUT2D eigenvalue weighted by Gasteiger charge is 2.18. The van der Waals surface area contributed by atoms with E-state index in [4.69, 9.17) is 4.74 Å². The molecule has 62 heavy (non-hydrogen) atoms. The first-order valence-corrected chi connectivity index (χ1v) is 27.6. The molecule has 0 heterocycles. The van der Waals surface area contributed by atoms with Gasteiger partial charge in [0.1, 0.15) is 0 Å². The van der Waals surface area contributed by atoms with Gasteiger partial charge in [-0.05, 0) is 57.8 Å². The van der Waals surface area contributed by atoms with Gasteiger partial charge in [0, 0.05) is 12.8 Å². The first-order chi connectivity index (χ1) is 30.5. The van der Waals surface area contributed by atoms with Crippen molar-refractivity contribution in [2.24, 2.45) is 0 Å². The molecule has 366 valence electrons. The Balaban J connectivity index is 3.52. The lowest BCUT2D eigenvalue weighted by Gasteiger charge is -2.20. The van der Waals surface area contributed by atoms with Gasteiger partial charge in [0.05, 0.1) is 25.4 Å². The number of hydrogen-bond acceptors (Lipinski definition) is 5. The van der Waals surface area contributed by atoms with Crippen molar-refractivity contribution >= 4 is 11.9 Å². The Hall–Kier alpha value is -1.66. The van der Waals surface area contributed by atoms with E-state index in [0.29, 0.717) is 19.4 Å². The Morgan fingerprint density at radius 1 is 0.435 bits per heavy atom. The molecule has 0 aliphatic carbocycles. The van der Waals surface area contributed by atoms with Gasteiger partial charge in [-0.1, -0.05) is 250 Å². The molecule has 0 saturated heterocycles. The van der Waals surface area contributed by atoms with Crippen LogP contribution in [0.4, 0.5) is 0 Å². The molecule has 0 aromatic heterocycles. The highest BCUT2D eigenvalue weighted by molar-refractivity contribution is 5.76. The van der Waals surface area contributed by atoms with E-state index < -0.39 is 12.1 Å². The van der Waals surface area contributed by atoms with Crippen molar-refractivity contribution in [2.45, 2.75) is 309 Å². The SMILES string of the molecule is CCCCCCCCCCCCCCCCC/C=C/C(O)C(CO)NC(=O)CCCCCCC/C=C\CCCCOC(=O)CCCCCCCCCCCCCCCCCCC. The van der Waals surface area contributed by atoms with Crippen molar-refractivity contribution in [3.05, 3.63) is 24.3 Å². The number of amides is 1. The average Bonchev–Trinajstić information content (AvgIpc) is 3.27. The van der Waals surface area contributed by atoms with Crippen LogP contribution in [0.2, 0.25) is 0 Å². The minimum Gasteiger partial charge on any atom is -0.466 e.